The number of anilines is 1. The van der Waals surface area contributed by atoms with Crippen LogP contribution in [-0.4, -0.2) is 33.9 Å². The normalized spacial score (nSPS) is 13.5. The minimum Gasteiger partial charge on any atom is -0.389 e. The molecule has 0 fully saturated rings. The van der Waals surface area contributed by atoms with E-state index < -0.39 is 11.7 Å². The van der Waals surface area contributed by atoms with Gasteiger partial charge in [0.15, 0.2) is 0 Å². The Morgan fingerprint density at radius 1 is 1.41 bits per heavy atom. The van der Waals surface area contributed by atoms with Gasteiger partial charge in [0.2, 0.25) is 0 Å². The average molecular weight is 238 g/mol. The van der Waals surface area contributed by atoms with E-state index in [4.69, 9.17) is 0 Å². The molecule has 1 aromatic heterocycles. The van der Waals surface area contributed by atoms with Gasteiger partial charge in [0.05, 0.1) is 11.7 Å². The van der Waals surface area contributed by atoms with Gasteiger partial charge in [-0.1, -0.05) is 6.07 Å². The van der Waals surface area contributed by atoms with E-state index in [1.54, 1.807) is 27.0 Å². The van der Waals surface area contributed by atoms with E-state index in [0.29, 0.717) is 6.54 Å². The van der Waals surface area contributed by atoms with Crippen LogP contribution in [0.15, 0.2) is 18.3 Å². The van der Waals surface area contributed by atoms with Gasteiger partial charge in [0, 0.05) is 19.3 Å². The smallest absolute Gasteiger partial charge is 0.128 e. The molecule has 0 radical (unpaired) electrons. The minimum absolute atomic E-state index is 0.499. The van der Waals surface area contributed by atoms with Crippen LogP contribution in [0.5, 0.6) is 0 Å². The largest absolute Gasteiger partial charge is 0.389 e. The molecule has 1 aromatic rings. The molecule has 0 amide bonds. The topological polar surface area (TPSA) is 56.6 Å². The summed E-state index contributed by atoms with van der Waals surface area (Å²) in [6, 6.07) is 3.73. The summed E-state index contributed by atoms with van der Waals surface area (Å²) in [5.74, 6) is 0.819. The van der Waals surface area contributed by atoms with E-state index in [1.165, 1.54) is 0 Å². The maximum atomic E-state index is 9.81. The van der Waals surface area contributed by atoms with E-state index in [1.807, 2.05) is 24.0 Å². The third kappa shape index (κ3) is 4.32. The first-order valence-corrected chi connectivity index (χ1v) is 5.95. The van der Waals surface area contributed by atoms with Crippen molar-refractivity contribution in [3.8, 4) is 0 Å². The third-order valence-corrected chi connectivity index (χ3v) is 2.54. The number of hydrogen-bond donors (Lipinski definition) is 2. The van der Waals surface area contributed by atoms with Crippen molar-refractivity contribution in [2.24, 2.45) is 0 Å². The summed E-state index contributed by atoms with van der Waals surface area (Å²) < 4.78 is 0. The van der Waals surface area contributed by atoms with Crippen molar-refractivity contribution in [1.29, 1.82) is 0 Å². The van der Waals surface area contributed by atoms with Crippen LogP contribution < -0.4 is 4.90 Å². The lowest BCUT2D eigenvalue weighted by molar-refractivity contribution is 0.0874. The van der Waals surface area contributed by atoms with Crippen LogP contribution in [0, 0.1) is 0 Å². The van der Waals surface area contributed by atoms with Crippen molar-refractivity contribution >= 4 is 5.82 Å². The molecule has 0 aliphatic rings. The maximum Gasteiger partial charge on any atom is 0.128 e. The van der Waals surface area contributed by atoms with Crippen LogP contribution in [0.25, 0.3) is 0 Å². The Bertz CT molecular complexity index is 341. The summed E-state index contributed by atoms with van der Waals surface area (Å²) in [5.41, 5.74) is 0.0498. The number of pyridine rings is 1. The van der Waals surface area contributed by atoms with Crippen LogP contribution in [0.1, 0.15) is 39.4 Å². The second-order valence-electron chi connectivity index (χ2n) is 4.95. The molecule has 0 saturated carbocycles. The zero-order valence-corrected chi connectivity index (χ0v) is 11.0. The minimum atomic E-state index is -0.749. The van der Waals surface area contributed by atoms with Crippen molar-refractivity contribution in [3.63, 3.8) is 0 Å². The Balaban J connectivity index is 2.82. The van der Waals surface area contributed by atoms with Gasteiger partial charge in [0.1, 0.15) is 5.82 Å². The molecule has 0 aliphatic heterocycles. The monoisotopic (exact) mass is 238 g/mol. The molecule has 2 N–H and O–H groups in total. The Morgan fingerprint density at radius 2 is 2.06 bits per heavy atom. The van der Waals surface area contributed by atoms with Gasteiger partial charge in [0.25, 0.3) is 0 Å². The molecule has 0 spiro atoms. The lowest BCUT2D eigenvalue weighted by Gasteiger charge is -2.29. The predicted octanol–water partition coefficient (Wildman–Crippen LogP) is 1.73. The highest BCUT2D eigenvalue weighted by Crippen LogP contribution is 2.17. The molecule has 1 heterocycles. The molecule has 0 unspecified atom stereocenters. The first-order valence-electron chi connectivity index (χ1n) is 5.95. The fourth-order valence-electron chi connectivity index (χ4n) is 1.65. The highest BCUT2D eigenvalue weighted by atomic mass is 16.3. The van der Waals surface area contributed by atoms with E-state index >= 15 is 0 Å². The molecule has 96 valence electrons. The van der Waals surface area contributed by atoms with Crippen LogP contribution in [0.3, 0.4) is 0 Å². The summed E-state index contributed by atoms with van der Waals surface area (Å²) in [4.78, 5) is 6.32. The van der Waals surface area contributed by atoms with Gasteiger partial charge in [-0.25, -0.2) is 4.98 Å². The number of rotatable bonds is 5. The van der Waals surface area contributed by atoms with Crippen molar-refractivity contribution in [2.45, 2.75) is 39.4 Å². The van der Waals surface area contributed by atoms with Gasteiger partial charge >= 0.3 is 0 Å². The van der Waals surface area contributed by atoms with E-state index in [0.717, 1.165) is 17.9 Å². The molecule has 1 atom stereocenters. The quantitative estimate of drug-likeness (QED) is 0.820. The van der Waals surface area contributed by atoms with Crippen molar-refractivity contribution in [2.75, 3.05) is 18.0 Å². The first kappa shape index (κ1) is 13.9. The predicted molar refractivity (Wildman–Crippen MR) is 69.1 cm³/mol. The van der Waals surface area contributed by atoms with Crippen molar-refractivity contribution in [3.05, 3.63) is 23.9 Å². The number of aliphatic hydroxyl groups is 2. The molecule has 0 aliphatic carbocycles. The highest BCUT2D eigenvalue weighted by Gasteiger charge is 2.18. The fourth-order valence-corrected chi connectivity index (χ4v) is 1.65. The third-order valence-electron chi connectivity index (χ3n) is 2.54. The molecular weight excluding hydrogens is 216 g/mol. The maximum absolute atomic E-state index is 9.81. The summed E-state index contributed by atoms with van der Waals surface area (Å²) in [7, 11) is 0. The van der Waals surface area contributed by atoms with Gasteiger partial charge in [-0.3, -0.25) is 0 Å². The average Bonchev–Trinajstić information content (AvgIpc) is 2.25. The molecule has 4 heteroatoms. The summed E-state index contributed by atoms with van der Waals surface area (Å²) in [6.07, 6.45) is 1.17. The molecule has 0 saturated heterocycles. The standard InChI is InChI=1S/C13H22N2O2/c1-5-15(9-13(3,4)17)12-7-6-11(8-14-12)10(2)16/h6-8,10,16-17H,5,9H2,1-4H3/t10-/m0/s1. The van der Waals surface area contributed by atoms with Gasteiger partial charge in [-0.05, 0) is 39.3 Å². The van der Waals surface area contributed by atoms with Gasteiger partial charge in [-0.15, -0.1) is 0 Å². The Hall–Kier alpha value is -1.13. The van der Waals surface area contributed by atoms with Crippen LogP contribution in [-0.2, 0) is 0 Å². The SMILES string of the molecule is CCN(CC(C)(C)O)c1ccc([C@H](C)O)cn1. The van der Waals surface area contributed by atoms with Gasteiger partial charge in [-0.2, -0.15) is 0 Å². The molecular formula is C13H22N2O2. The lowest BCUT2D eigenvalue weighted by atomic mass is 10.1. The van der Waals surface area contributed by atoms with Gasteiger partial charge < -0.3 is 15.1 Å². The number of nitrogens with zero attached hydrogens (tertiary/aromatic N) is 2. The number of hydrogen-bond acceptors (Lipinski definition) is 4. The van der Waals surface area contributed by atoms with Crippen molar-refractivity contribution in [1.82, 2.24) is 4.98 Å². The second kappa shape index (κ2) is 5.47. The molecule has 17 heavy (non-hydrogen) atoms. The Morgan fingerprint density at radius 3 is 2.41 bits per heavy atom. The lowest BCUT2D eigenvalue weighted by Crippen LogP contribution is -2.39. The van der Waals surface area contributed by atoms with E-state index in [-0.39, 0.29) is 0 Å². The summed E-state index contributed by atoms with van der Waals surface area (Å²) in [6.45, 7) is 8.61. The Kier molecular flexibility index (Phi) is 4.48. The van der Waals surface area contributed by atoms with E-state index in [2.05, 4.69) is 4.98 Å². The number of aliphatic hydroxyl groups excluding tert-OH is 1. The summed E-state index contributed by atoms with van der Waals surface area (Å²) in [5, 5.41) is 19.2. The second-order valence-corrected chi connectivity index (χ2v) is 4.95. The number of aromatic nitrogens is 1. The zero-order chi connectivity index (χ0) is 13.1. The van der Waals surface area contributed by atoms with E-state index in [9.17, 15) is 10.2 Å². The van der Waals surface area contributed by atoms with Crippen LogP contribution in [0.4, 0.5) is 5.82 Å². The fraction of sp³-hybridized carbons (Fsp3) is 0.615. The molecule has 1 rings (SSSR count). The first-order chi connectivity index (χ1) is 7.83. The van der Waals surface area contributed by atoms with Crippen LogP contribution in [0.2, 0.25) is 0 Å². The highest BCUT2D eigenvalue weighted by molar-refractivity contribution is 5.39. The van der Waals surface area contributed by atoms with Crippen molar-refractivity contribution < 1.29 is 10.2 Å². The molecule has 0 bridgehead atoms. The Labute approximate surface area is 103 Å². The molecule has 4 nitrogen and oxygen atoms in total. The molecule has 0 aromatic carbocycles. The zero-order valence-electron chi connectivity index (χ0n) is 11.0. The summed E-state index contributed by atoms with van der Waals surface area (Å²) >= 11 is 0. The van der Waals surface area contributed by atoms with Crippen LogP contribution >= 0.6 is 0 Å². The number of likely N-dealkylation sites (N-methyl/N-ethyl adjacent to an activating group) is 1.